The van der Waals surface area contributed by atoms with Gasteiger partial charge in [0.2, 0.25) is 5.95 Å². The van der Waals surface area contributed by atoms with Gasteiger partial charge in [-0.25, -0.2) is 4.98 Å². The van der Waals surface area contributed by atoms with Gasteiger partial charge in [0.15, 0.2) is 0 Å². The summed E-state index contributed by atoms with van der Waals surface area (Å²) in [5.74, 6) is -0.949. The van der Waals surface area contributed by atoms with Crippen LogP contribution < -0.4 is 9.64 Å². The lowest BCUT2D eigenvalue weighted by molar-refractivity contribution is -0.132. The number of ether oxygens (including phenoxy) is 1. The number of amides is 1. The highest BCUT2D eigenvalue weighted by Crippen LogP contribution is 2.42. The van der Waals surface area contributed by atoms with Crippen molar-refractivity contribution in [2.24, 2.45) is 0 Å². The van der Waals surface area contributed by atoms with E-state index in [0.717, 1.165) is 23.1 Å². The summed E-state index contributed by atoms with van der Waals surface area (Å²) >= 11 is 0. The maximum atomic E-state index is 13.6. The van der Waals surface area contributed by atoms with Crippen LogP contribution in [-0.4, -0.2) is 33.4 Å². The standard InChI is InChI=1S/C32H33N3O4/c1-6-16-39-23-9-7-8-21(18-23)28(36)26-27(20-11-13-22(14-12-20)32(3,4)5)35(30(38)29(26)37)31-33-24-15-10-19(2)17-25(24)34-31/h7-15,17-18,27,36H,6,16H2,1-5H3,(H,33,34)/b28-26+. The molecule has 2 heterocycles. The van der Waals surface area contributed by atoms with Crippen LogP contribution in [0.4, 0.5) is 5.95 Å². The molecule has 0 radical (unpaired) electrons. The number of imidazole rings is 1. The summed E-state index contributed by atoms with van der Waals surface area (Å²) in [6, 6.07) is 19.6. The molecule has 1 fully saturated rings. The Kier molecular flexibility index (Phi) is 6.76. The zero-order valence-corrected chi connectivity index (χ0v) is 22.9. The van der Waals surface area contributed by atoms with Crippen LogP contribution in [0.5, 0.6) is 5.75 Å². The molecular weight excluding hydrogens is 490 g/mol. The molecule has 1 aromatic heterocycles. The monoisotopic (exact) mass is 523 g/mol. The summed E-state index contributed by atoms with van der Waals surface area (Å²) in [7, 11) is 0. The number of benzene rings is 3. The third-order valence-electron chi connectivity index (χ3n) is 6.97. The summed E-state index contributed by atoms with van der Waals surface area (Å²) in [6.07, 6.45) is 0.836. The smallest absolute Gasteiger partial charge is 0.302 e. The quantitative estimate of drug-likeness (QED) is 0.169. The first kappa shape index (κ1) is 26.2. The van der Waals surface area contributed by atoms with Gasteiger partial charge in [-0.2, -0.15) is 0 Å². The Morgan fingerprint density at radius 1 is 1.05 bits per heavy atom. The summed E-state index contributed by atoms with van der Waals surface area (Å²) in [6.45, 7) is 10.9. The van der Waals surface area contributed by atoms with Gasteiger partial charge in [0, 0.05) is 5.56 Å². The Balaban J connectivity index is 1.68. The van der Waals surface area contributed by atoms with Gasteiger partial charge in [0.1, 0.15) is 11.5 Å². The summed E-state index contributed by atoms with van der Waals surface area (Å²) in [4.78, 5) is 36.3. The SMILES string of the molecule is CCCOc1cccc(/C(O)=C2\C(=O)C(=O)N(c3nc4ccc(C)cc4[nH]3)C2c2ccc(C(C)(C)C)cc2)c1. The number of nitrogens with zero attached hydrogens (tertiary/aromatic N) is 2. The van der Waals surface area contributed by atoms with Crippen molar-refractivity contribution in [2.75, 3.05) is 11.5 Å². The van der Waals surface area contributed by atoms with E-state index < -0.39 is 17.7 Å². The predicted molar refractivity (Wildman–Crippen MR) is 153 cm³/mol. The number of aliphatic hydroxyl groups excluding tert-OH is 1. The molecule has 1 aliphatic heterocycles. The topological polar surface area (TPSA) is 95.5 Å². The first-order chi connectivity index (χ1) is 18.6. The first-order valence-electron chi connectivity index (χ1n) is 13.2. The molecule has 7 nitrogen and oxygen atoms in total. The summed E-state index contributed by atoms with van der Waals surface area (Å²) in [5, 5.41) is 11.5. The second kappa shape index (κ2) is 10.1. The third kappa shape index (κ3) is 4.92. The van der Waals surface area contributed by atoms with Crippen LogP contribution in [0.15, 0.2) is 72.3 Å². The van der Waals surface area contributed by atoms with E-state index in [4.69, 9.17) is 4.74 Å². The fraction of sp³-hybridized carbons (Fsp3) is 0.281. The Morgan fingerprint density at radius 3 is 2.49 bits per heavy atom. The minimum absolute atomic E-state index is 0.00721. The molecule has 1 saturated heterocycles. The molecule has 0 spiro atoms. The molecule has 1 unspecified atom stereocenters. The van der Waals surface area contributed by atoms with Crippen LogP contribution in [-0.2, 0) is 15.0 Å². The number of aromatic nitrogens is 2. The minimum Gasteiger partial charge on any atom is -0.507 e. The molecule has 2 N–H and O–H groups in total. The molecule has 1 aliphatic rings. The molecule has 5 rings (SSSR count). The number of rotatable bonds is 6. The van der Waals surface area contributed by atoms with E-state index in [0.29, 0.717) is 29.0 Å². The molecular formula is C32H33N3O4. The van der Waals surface area contributed by atoms with Crippen molar-refractivity contribution in [3.05, 3.63) is 94.6 Å². The van der Waals surface area contributed by atoms with Crippen molar-refractivity contribution >= 4 is 34.4 Å². The van der Waals surface area contributed by atoms with Crippen molar-refractivity contribution in [2.45, 2.75) is 52.5 Å². The van der Waals surface area contributed by atoms with Crippen molar-refractivity contribution in [1.82, 2.24) is 9.97 Å². The lowest BCUT2D eigenvalue weighted by Crippen LogP contribution is -2.30. The van der Waals surface area contributed by atoms with Crippen molar-refractivity contribution in [3.8, 4) is 5.75 Å². The second-order valence-electron chi connectivity index (χ2n) is 11.0. The maximum Gasteiger partial charge on any atom is 0.302 e. The van der Waals surface area contributed by atoms with E-state index in [1.165, 1.54) is 4.90 Å². The number of aromatic amines is 1. The summed E-state index contributed by atoms with van der Waals surface area (Å²) < 4.78 is 5.74. The number of carbonyl (C=O) groups excluding carboxylic acids is 2. The maximum absolute atomic E-state index is 13.6. The minimum atomic E-state index is -0.874. The predicted octanol–water partition coefficient (Wildman–Crippen LogP) is 6.58. The Hall–Kier alpha value is -4.39. The number of hydrogen-bond acceptors (Lipinski definition) is 5. The van der Waals surface area contributed by atoms with E-state index in [9.17, 15) is 14.7 Å². The van der Waals surface area contributed by atoms with Crippen LogP contribution in [0, 0.1) is 6.92 Å². The zero-order chi connectivity index (χ0) is 27.9. The van der Waals surface area contributed by atoms with E-state index in [-0.39, 0.29) is 22.7 Å². The molecule has 0 saturated carbocycles. The average Bonchev–Trinajstić information content (AvgIpc) is 3.44. The van der Waals surface area contributed by atoms with Crippen molar-refractivity contribution in [3.63, 3.8) is 0 Å². The number of hydrogen-bond donors (Lipinski definition) is 2. The van der Waals surface area contributed by atoms with Crippen LogP contribution in [0.1, 0.15) is 62.4 Å². The Bertz CT molecular complexity index is 1590. The fourth-order valence-corrected chi connectivity index (χ4v) is 4.86. The second-order valence-corrected chi connectivity index (χ2v) is 11.0. The Labute approximate surface area is 228 Å². The van der Waals surface area contributed by atoms with Crippen LogP contribution in [0.3, 0.4) is 0 Å². The molecule has 0 bridgehead atoms. The molecule has 200 valence electrons. The van der Waals surface area contributed by atoms with Crippen molar-refractivity contribution < 1.29 is 19.4 Å². The largest absolute Gasteiger partial charge is 0.507 e. The third-order valence-corrected chi connectivity index (χ3v) is 6.97. The number of fused-ring (bicyclic) bond motifs is 1. The van der Waals surface area contributed by atoms with Crippen molar-refractivity contribution in [1.29, 1.82) is 0 Å². The van der Waals surface area contributed by atoms with Gasteiger partial charge >= 0.3 is 5.91 Å². The van der Waals surface area contributed by atoms with Gasteiger partial charge in [0.25, 0.3) is 5.78 Å². The van der Waals surface area contributed by atoms with E-state index in [2.05, 4.69) is 30.7 Å². The highest BCUT2D eigenvalue weighted by Gasteiger charge is 2.48. The van der Waals surface area contributed by atoms with Gasteiger partial charge in [-0.15, -0.1) is 0 Å². The van der Waals surface area contributed by atoms with Gasteiger partial charge in [-0.1, -0.05) is 70.2 Å². The van der Waals surface area contributed by atoms with Gasteiger partial charge in [-0.3, -0.25) is 14.5 Å². The number of Topliss-reactive ketones (excluding diaryl/α,β-unsaturated/α-hetero) is 1. The number of ketones is 1. The summed E-state index contributed by atoms with van der Waals surface area (Å²) in [5.41, 5.74) is 4.62. The molecule has 4 aromatic rings. The highest BCUT2D eigenvalue weighted by molar-refractivity contribution is 6.51. The molecule has 1 atom stereocenters. The molecule has 7 heteroatoms. The number of nitrogens with one attached hydrogen (secondary N) is 1. The van der Waals surface area contributed by atoms with Crippen LogP contribution in [0.2, 0.25) is 0 Å². The van der Waals surface area contributed by atoms with Gasteiger partial charge in [-0.05, 0) is 59.7 Å². The number of aryl methyl sites for hydroxylation is 1. The van der Waals surface area contributed by atoms with E-state index >= 15 is 0 Å². The molecule has 39 heavy (non-hydrogen) atoms. The van der Waals surface area contributed by atoms with Gasteiger partial charge in [0.05, 0.1) is 29.3 Å². The normalized spacial score (nSPS) is 17.3. The zero-order valence-electron chi connectivity index (χ0n) is 22.9. The van der Waals surface area contributed by atoms with Gasteiger partial charge < -0.3 is 14.8 Å². The Morgan fingerprint density at radius 2 is 1.79 bits per heavy atom. The lowest BCUT2D eigenvalue weighted by Gasteiger charge is -2.25. The number of H-pyrrole nitrogens is 1. The molecule has 1 amide bonds. The van der Waals surface area contributed by atoms with E-state index in [1.807, 2.05) is 56.3 Å². The van der Waals surface area contributed by atoms with Crippen LogP contribution >= 0.6 is 0 Å². The highest BCUT2D eigenvalue weighted by atomic mass is 16.5. The lowest BCUT2D eigenvalue weighted by atomic mass is 9.85. The van der Waals surface area contributed by atoms with E-state index in [1.54, 1.807) is 24.3 Å². The molecule has 3 aromatic carbocycles. The van der Waals surface area contributed by atoms with Crippen LogP contribution in [0.25, 0.3) is 16.8 Å². The first-order valence-corrected chi connectivity index (χ1v) is 13.2. The number of carbonyl (C=O) groups is 2. The number of anilines is 1. The molecule has 0 aliphatic carbocycles. The number of aliphatic hydroxyl groups is 1. The average molecular weight is 524 g/mol. The fourth-order valence-electron chi connectivity index (χ4n) is 4.86.